The molecule has 1 aromatic carbocycles. The Kier molecular flexibility index (Phi) is 8.30. The van der Waals surface area contributed by atoms with Gasteiger partial charge in [-0.1, -0.05) is 51.5 Å². The SMILES string of the molecule is CCCC(C)N1CC=C[C@]23O[C@@H]4C=CCN(c5ccc(OCC)cc5)C(=O)[C@@H]4[C@H]2C(=O)N([C@@H](CO)C(C)C)C3C1=O. The van der Waals surface area contributed by atoms with Crippen LogP contribution in [0.3, 0.4) is 0 Å². The van der Waals surface area contributed by atoms with E-state index in [1.807, 2.05) is 81.2 Å². The van der Waals surface area contributed by atoms with E-state index in [1.54, 1.807) is 9.80 Å². The van der Waals surface area contributed by atoms with Crippen LogP contribution in [-0.4, -0.2) is 88.8 Å². The number of rotatable bonds is 9. The van der Waals surface area contributed by atoms with Crippen LogP contribution >= 0.6 is 0 Å². The molecule has 41 heavy (non-hydrogen) atoms. The zero-order chi connectivity index (χ0) is 29.5. The summed E-state index contributed by atoms with van der Waals surface area (Å²) in [5.41, 5.74) is -0.611. The maximum Gasteiger partial charge on any atom is 0.249 e. The second kappa shape index (κ2) is 11.6. The number of fused-ring (bicyclic) bond motifs is 2. The molecule has 4 aliphatic heterocycles. The highest BCUT2D eigenvalue weighted by atomic mass is 16.5. The number of carbonyl (C=O) groups is 3. The van der Waals surface area contributed by atoms with Crippen molar-refractivity contribution in [1.29, 1.82) is 0 Å². The maximum atomic E-state index is 14.5. The summed E-state index contributed by atoms with van der Waals surface area (Å²) in [7, 11) is 0. The number of nitrogens with zero attached hydrogens (tertiary/aromatic N) is 3. The van der Waals surface area contributed by atoms with Gasteiger partial charge in [0.1, 0.15) is 17.4 Å². The first-order valence-corrected chi connectivity index (χ1v) is 15.0. The third-order valence-electron chi connectivity index (χ3n) is 9.14. The molecule has 1 spiro atoms. The summed E-state index contributed by atoms with van der Waals surface area (Å²) in [6, 6.07) is 5.76. The Morgan fingerprint density at radius 2 is 1.76 bits per heavy atom. The number of ether oxygens (including phenoxy) is 2. The fourth-order valence-corrected chi connectivity index (χ4v) is 7.16. The Morgan fingerprint density at radius 1 is 1.02 bits per heavy atom. The number of carbonyl (C=O) groups excluding carboxylic acids is 3. The molecule has 2 unspecified atom stereocenters. The van der Waals surface area contributed by atoms with E-state index < -0.39 is 35.6 Å². The quantitative estimate of drug-likeness (QED) is 0.462. The second-order valence-corrected chi connectivity index (χ2v) is 11.9. The van der Waals surface area contributed by atoms with Gasteiger partial charge < -0.3 is 29.3 Å². The van der Waals surface area contributed by atoms with Crippen molar-refractivity contribution in [2.24, 2.45) is 17.8 Å². The first-order valence-electron chi connectivity index (χ1n) is 15.0. The van der Waals surface area contributed by atoms with Gasteiger partial charge in [0.2, 0.25) is 17.7 Å². The lowest BCUT2D eigenvalue weighted by atomic mass is 9.77. The van der Waals surface area contributed by atoms with Crippen LogP contribution in [0.15, 0.2) is 48.6 Å². The fourth-order valence-electron chi connectivity index (χ4n) is 7.16. The number of hydrogen-bond donors (Lipinski definition) is 1. The highest BCUT2D eigenvalue weighted by Crippen LogP contribution is 2.54. The third-order valence-corrected chi connectivity index (χ3v) is 9.14. The van der Waals surface area contributed by atoms with Crippen molar-refractivity contribution in [3.8, 4) is 5.75 Å². The van der Waals surface area contributed by atoms with Gasteiger partial charge in [-0.2, -0.15) is 0 Å². The minimum Gasteiger partial charge on any atom is -0.494 e. The molecule has 9 heteroatoms. The Balaban J connectivity index is 1.58. The maximum absolute atomic E-state index is 14.5. The normalized spacial score (nSPS) is 30.7. The topological polar surface area (TPSA) is 99.6 Å². The molecule has 9 nitrogen and oxygen atoms in total. The largest absolute Gasteiger partial charge is 0.494 e. The van der Waals surface area contributed by atoms with E-state index in [4.69, 9.17) is 9.47 Å². The molecular weight excluding hydrogens is 522 g/mol. The molecule has 2 fully saturated rings. The molecule has 0 aliphatic carbocycles. The number of amides is 3. The van der Waals surface area contributed by atoms with Crippen LogP contribution in [0.25, 0.3) is 0 Å². The highest BCUT2D eigenvalue weighted by Gasteiger charge is 2.72. The summed E-state index contributed by atoms with van der Waals surface area (Å²) >= 11 is 0. The molecule has 0 radical (unpaired) electrons. The van der Waals surface area contributed by atoms with Crippen molar-refractivity contribution in [2.75, 3.05) is 31.2 Å². The van der Waals surface area contributed by atoms with Crippen molar-refractivity contribution in [1.82, 2.24) is 9.80 Å². The van der Waals surface area contributed by atoms with E-state index in [1.165, 1.54) is 0 Å². The van der Waals surface area contributed by atoms with Gasteiger partial charge in [0.05, 0.1) is 37.2 Å². The first-order chi connectivity index (χ1) is 19.7. The Labute approximate surface area is 242 Å². The molecule has 2 saturated heterocycles. The molecule has 3 amide bonds. The minimum atomic E-state index is -1.31. The van der Waals surface area contributed by atoms with Crippen LogP contribution < -0.4 is 9.64 Å². The monoisotopic (exact) mass is 565 g/mol. The third kappa shape index (κ3) is 4.77. The van der Waals surface area contributed by atoms with Crippen LogP contribution in [0.2, 0.25) is 0 Å². The van der Waals surface area contributed by atoms with E-state index in [9.17, 15) is 19.5 Å². The van der Waals surface area contributed by atoms with Crippen molar-refractivity contribution in [2.45, 2.75) is 77.3 Å². The summed E-state index contributed by atoms with van der Waals surface area (Å²) in [5.74, 6) is -1.83. The second-order valence-electron chi connectivity index (χ2n) is 11.9. The number of aliphatic hydroxyl groups is 1. The molecule has 1 aromatic rings. The van der Waals surface area contributed by atoms with Gasteiger partial charge >= 0.3 is 0 Å². The standard InChI is InChI=1S/C32H43N3O6/c1-6-10-21(5)33-18-9-16-32-27(30(38)35(28(32)31(33)39)24(19-36)20(3)4)26-25(41-32)11-8-17-34(29(26)37)22-12-14-23(15-13-22)40-7-2/h8-9,11-16,20-21,24-28,36H,6-7,10,17-19H2,1-5H3/t21?,24-,25+,26-,27-,28?,32-/m0/s1. The molecule has 4 heterocycles. The van der Waals surface area contributed by atoms with Crippen LogP contribution in [0, 0.1) is 17.8 Å². The number of anilines is 1. The molecule has 1 N–H and O–H groups in total. The lowest BCUT2D eigenvalue weighted by molar-refractivity contribution is -0.152. The molecule has 0 bridgehead atoms. The summed E-state index contributed by atoms with van der Waals surface area (Å²) < 4.78 is 12.3. The number of likely N-dealkylation sites (tertiary alicyclic amines) is 1. The lowest BCUT2D eigenvalue weighted by Crippen LogP contribution is -2.60. The fraction of sp³-hybridized carbons (Fsp3) is 0.594. The summed E-state index contributed by atoms with van der Waals surface area (Å²) in [4.78, 5) is 48.3. The molecule has 5 rings (SSSR count). The van der Waals surface area contributed by atoms with Crippen molar-refractivity contribution < 1.29 is 29.0 Å². The number of hydrogen-bond acceptors (Lipinski definition) is 6. The van der Waals surface area contributed by atoms with Gasteiger partial charge in [-0.15, -0.1) is 0 Å². The Morgan fingerprint density at radius 3 is 2.39 bits per heavy atom. The molecule has 4 aliphatic rings. The van der Waals surface area contributed by atoms with Gasteiger partial charge in [0.15, 0.2) is 0 Å². The molecular formula is C32H43N3O6. The zero-order valence-electron chi connectivity index (χ0n) is 24.7. The smallest absolute Gasteiger partial charge is 0.249 e. The average molecular weight is 566 g/mol. The predicted molar refractivity (Wildman–Crippen MR) is 155 cm³/mol. The van der Waals surface area contributed by atoms with Gasteiger partial charge in [-0.25, -0.2) is 0 Å². The number of benzene rings is 1. The Bertz CT molecular complexity index is 1210. The van der Waals surface area contributed by atoms with Gasteiger partial charge in [0, 0.05) is 24.8 Å². The van der Waals surface area contributed by atoms with E-state index in [2.05, 4.69) is 6.92 Å². The summed E-state index contributed by atoms with van der Waals surface area (Å²) in [5, 5.41) is 10.4. The number of aliphatic hydroxyl groups excluding tert-OH is 1. The van der Waals surface area contributed by atoms with Gasteiger partial charge in [-0.3, -0.25) is 14.4 Å². The molecule has 7 atom stereocenters. The summed E-state index contributed by atoms with van der Waals surface area (Å²) in [6.07, 6.45) is 8.64. The zero-order valence-corrected chi connectivity index (χ0v) is 24.7. The van der Waals surface area contributed by atoms with E-state index in [0.717, 1.165) is 12.8 Å². The van der Waals surface area contributed by atoms with Crippen LogP contribution in [0.4, 0.5) is 5.69 Å². The van der Waals surface area contributed by atoms with E-state index in [-0.39, 0.29) is 36.3 Å². The molecule has 0 aromatic heterocycles. The van der Waals surface area contributed by atoms with Gasteiger partial charge in [-0.05, 0) is 50.5 Å². The van der Waals surface area contributed by atoms with Crippen molar-refractivity contribution in [3.05, 3.63) is 48.6 Å². The molecule has 0 saturated carbocycles. The average Bonchev–Trinajstić information content (AvgIpc) is 3.25. The minimum absolute atomic E-state index is 0.0292. The van der Waals surface area contributed by atoms with Crippen molar-refractivity contribution >= 4 is 23.4 Å². The summed E-state index contributed by atoms with van der Waals surface area (Å²) in [6.45, 7) is 10.9. The van der Waals surface area contributed by atoms with Crippen molar-refractivity contribution in [3.63, 3.8) is 0 Å². The Hall–Kier alpha value is -3.17. The van der Waals surface area contributed by atoms with E-state index >= 15 is 0 Å². The predicted octanol–water partition coefficient (Wildman–Crippen LogP) is 3.17. The molecule has 222 valence electrons. The van der Waals surface area contributed by atoms with Crippen LogP contribution in [0.1, 0.15) is 47.5 Å². The van der Waals surface area contributed by atoms with E-state index in [0.29, 0.717) is 31.1 Å². The van der Waals surface area contributed by atoms with Crippen LogP contribution in [0.5, 0.6) is 5.75 Å². The lowest BCUT2D eigenvalue weighted by Gasteiger charge is -2.41. The van der Waals surface area contributed by atoms with Crippen LogP contribution in [-0.2, 0) is 19.1 Å². The first kappa shape index (κ1) is 29.3. The van der Waals surface area contributed by atoms with Gasteiger partial charge in [0.25, 0.3) is 0 Å². The highest BCUT2D eigenvalue weighted by molar-refractivity contribution is 6.04.